The lowest BCUT2D eigenvalue weighted by Crippen LogP contribution is -2.32. The van der Waals surface area contributed by atoms with Crippen molar-refractivity contribution >= 4 is 17.6 Å². The number of benzene rings is 2. The van der Waals surface area contributed by atoms with Crippen molar-refractivity contribution in [3.63, 3.8) is 0 Å². The average molecular weight is 333 g/mol. The van der Waals surface area contributed by atoms with E-state index in [2.05, 4.69) is 0 Å². The number of ketones is 1. The SMILES string of the molecule is CC1(CCCN2C(=O)c3ccccc3C2=O)Cc2ccccc2C1=O. The Morgan fingerprint density at radius 3 is 2.04 bits per heavy atom. The Balaban J connectivity index is 1.43. The molecule has 126 valence electrons. The summed E-state index contributed by atoms with van der Waals surface area (Å²) >= 11 is 0. The quantitative estimate of drug-likeness (QED) is 0.805. The molecule has 1 unspecified atom stereocenters. The van der Waals surface area contributed by atoms with E-state index in [4.69, 9.17) is 0 Å². The van der Waals surface area contributed by atoms with Crippen molar-refractivity contribution in [1.29, 1.82) is 0 Å². The van der Waals surface area contributed by atoms with Crippen LogP contribution in [-0.2, 0) is 6.42 Å². The largest absolute Gasteiger partial charge is 0.294 e. The predicted molar refractivity (Wildman–Crippen MR) is 93.6 cm³/mol. The van der Waals surface area contributed by atoms with Gasteiger partial charge >= 0.3 is 0 Å². The van der Waals surface area contributed by atoms with E-state index < -0.39 is 5.41 Å². The van der Waals surface area contributed by atoms with Gasteiger partial charge in [0.25, 0.3) is 11.8 Å². The highest BCUT2D eigenvalue weighted by Crippen LogP contribution is 2.40. The van der Waals surface area contributed by atoms with E-state index in [9.17, 15) is 14.4 Å². The molecule has 0 saturated carbocycles. The summed E-state index contributed by atoms with van der Waals surface area (Å²) in [6.45, 7) is 2.34. The van der Waals surface area contributed by atoms with Gasteiger partial charge in [0.15, 0.2) is 5.78 Å². The fourth-order valence-corrected chi connectivity index (χ4v) is 3.99. The summed E-state index contributed by atoms with van der Waals surface area (Å²) in [5.74, 6) is -0.288. The Morgan fingerprint density at radius 1 is 0.880 bits per heavy atom. The van der Waals surface area contributed by atoms with Gasteiger partial charge in [0.05, 0.1) is 11.1 Å². The first-order valence-corrected chi connectivity index (χ1v) is 8.59. The molecule has 0 saturated heterocycles. The second-order valence-corrected chi connectivity index (χ2v) is 7.13. The van der Waals surface area contributed by atoms with E-state index in [0.29, 0.717) is 30.5 Å². The van der Waals surface area contributed by atoms with Crippen molar-refractivity contribution in [2.24, 2.45) is 5.41 Å². The van der Waals surface area contributed by atoms with Crippen molar-refractivity contribution < 1.29 is 14.4 Å². The molecule has 2 aromatic rings. The van der Waals surface area contributed by atoms with Crippen LogP contribution in [0.5, 0.6) is 0 Å². The van der Waals surface area contributed by atoms with Gasteiger partial charge < -0.3 is 0 Å². The number of nitrogens with zero attached hydrogens (tertiary/aromatic N) is 1. The van der Waals surface area contributed by atoms with Gasteiger partial charge in [0.2, 0.25) is 0 Å². The van der Waals surface area contributed by atoms with E-state index in [1.54, 1.807) is 24.3 Å². The third-order valence-corrected chi connectivity index (χ3v) is 5.38. The van der Waals surface area contributed by atoms with E-state index in [0.717, 1.165) is 17.5 Å². The molecule has 1 heterocycles. The molecule has 0 spiro atoms. The topological polar surface area (TPSA) is 54.5 Å². The minimum atomic E-state index is -0.442. The zero-order valence-corrected chi connectivity index (χ0v) is 14.1. The average Bonchev–Trinajstić information content (AvgIpc) is 3.02. The third-order valence-electron chi connectivity index (χ3n) is 5.38. The van der Waals surface area contributed by atoms with E-state index >= 15 is 0 Å². The van der Waals surface area contributed by atoms with Crippen molar-refractivity contribution in [2.45, 2.75) is 26.2 Å². The van der Waals surface area contributed by atoms with E-state index in [1.807, 2.05) is 31.2 Å². The van der Waals surface area contributed by atoms with Crippen molar-refractivity contribution in [3.05, 3.63) is 70.8 Å². The molecular formula is C21H19NO3. The first-order valence-electron chi connectivity index (χ1n) is 8.59. The molecule has 1 atom stereocenters. The van der Waals surface area contributed by atoms with Crippen molar-refractivity contribution in [1.82, 2.24) is 4.90 Å². The lowest BCUT2D eigenvalue weighted by Gasteiger charge is -2.23. The second kappa shape index (κ2) is 5.66. The Hall–Kier alpha value is -2.75. The minimum Gasteiger partial charge on any atom is -0.294 e. The molecule has 0 radical (unpaired) electrons. The summed E-state index contributed by atoms with van der Waals surface area (Å²) in [5, 5.41) is 0. The lowest BCUT2D eigenvalue weighted by atomic mass is 9.81. The van der Waals surface area contributed by atoms with Gasteiger partial charge in [0.1, 0.15) is 0 Å². The molecule has 2 amide bonds. The zero-order chi connectivity index (χ0) is 17.6. The molecule has 2 aliphatic rings. The molecule has 1 aliphatic heterocycles. The zero-order valence-electron chi connectivity index (χ0n) is 14.1. The van der Waals surface area contributed by atoms with Crippen LogP contribution < -0.4 is 0 Å². The summed E-state index contributed by atoms with van der Waals surface area (Å²) < 4.78 is 0. The van der Waals surface area contributed by atoms with E-state index in [-0.39, 0.29) is 17.6 Å². The fourth-order valence-electron chi connectivity index (χ4n) is 3.99. The number of rotatable bonds is 4. The maximum Gasteiger partial charge on any atom is 0.261 e. The molecule has 4 rings (SSSR count). The van der Waals surface area contributed by atoms with Crippen LogP contribution in [0.3, 0.4) is 0 Å². The Kier molecular flexibility index (Phi) is 3.57. The predicted octanol–water partition coefficient (Wildman–Crippen LogP) is 3.51. The normalized spacial score (nSPS) is 21.6. The van der Waals surface area contributed by atoms with Crippen LogP contribution in [0.2, 0.25) is 0 Å². The van der Waals surface area contributed by atoms with Gasteiger partial charge in [0, 0.05) is 17.5 Å². The van der Waals surface area contributed by atoms with Crippen LogP contribution >= 0.6 is 0 Å². The number of imide groups is 1. The molecule has 0 N–H and O–H groups in total. The second-order valence-electron chi connectivity index (χ2n) is 7.13. The summed E-state index contributed by atoms with van der Waals surface area (Å²) in [4.78, 5) is 38.8. The van der Waals surface area contributed by atoms with Gasteiger partial charge in [-0.15, -0.1) is 0 Å². The van der Waals surface area contributed by atoms with Crippen molar-refractivity contribution in [3.8, 4) is 0 Å². The van der Waals surface area contributed by atoms with Crippen LogP contribution in [0.15, 0.2) is 48.5 Å². The molecule has 2 aromatic carbocycles. The number of amides is 2. The highest BCUT2D eigenvalue weighted by Gasteiger charge is 2.41. The number of fused-ring (bicyclic) bond motifs is 2. The molecule has 4 nitrogen and oxygen atoms in total. The first-order chi connectivity index (χ1) is 12.0. The van der Waals surface area contributed by atoms with Crippen LogP contribution in [0.25, 0.3) is 0 Å². The number of carbonyl (C=O) groups excluding carboxylic acids is 3. The standard InChI is InChI=1S/C21H19NO3/c1-21(13-14-7-2-3-8-15(14)18(21)23)11-6-12-22-19(24)16-9-4-5-10-17(16)20(22)25/h2-5,7-10H,6,11-13H2,1H3. The number of hydrogen-bond acceptors (Lipinski definition) is 3. The van der Waals surface area contributed by atoms with Gasteiger partial charge in [-0.2, -0.15) is 0 Å². The van der Waals surface area contributed by atoms with Crippen molar-refractivity contribution in [2.75, 3.05) is 6.54 Å². The third kappa shape index (κ3) is 2.40. The van der Waals surface area contributed by atoms with Gasteiger partial charge in [-0.25, -0.2) is 0 Å². The Bertz CT molecular complexity index is 867. The molecule has 0 fully saturated rings. The molecule has 25 heavy (non-hydrogen) atoms. The maximum atomic E-state index is 12.7. The summed E-state index contributed by atoms with van der Waals surface area (Å²) in [5.41, 5.74) is 2.41. The van der Waals surface area contributed by atoms with E-state index in [1.165, 1.54) is 4.90 Å². The Labute approximate surface area is 146 Å². The van der Waals surface area contributed by atoms with Gasteiger partial charge in [-0.1, -0.05) is 43.3 Å². The smallest absolute Gasteiger partial charge is 0.261 e. The van der Waals surface area contributed by atoms with Crippen LogP contribution in [-0.4, -0.2) is 29.0 Å². The highest BCUT2D eigenvalue weighted by molar-refractivity contribution is 6.21. The van der Waals surface area contributed by atoms with Crippen LogP contribution in [0, 0.1) is 5.41 Å². The van der Waals surface area contributed by atoms with Crippen LogP contribution in [0.1, 0.15) is 56.4 Å². The Morgan fingerprint density at radius 2 is 1.44 bits per heavy atom. The number of Topliss-reactive ketones (excluding diaryl/α,β-unsaturated/α-hetero) is 1. The van der Waals surface area contributed by atoms with Crippen LogP contribution in [0.4, 0.5) is 0 Å². The fraction of sp³-hybridized carbons (Fsp3) is 0.286. The molecule has 0 aromatic heterocycles. The number of carbonyl (C=O) groups is 3. The molecule has 1 aliphatic carbocycles. The lowest BCUT2D eigenvalue weighted by molar-refractivity contribution is 0.0644. The van der Waals surface area contributed by atoms with Gasteiger partial charge in [-0.05, 0) is 37.0 Å². The minimum absolute atomic E-state index is 0.172. The summed E-state index contributed by atoms with van der Waals surface area (Å²) in [6.07, 6.45) is 2.01. The highest BCUT2D eigenvalue weighted by atomic mass is 16.2. The maximum absolute atomic E-state index is 12.7. The monoisotopic (exact) mass is 333 g/mol. The first kappa shape index (κ1) is 15.8. The molecule has 0 bridgehead atoms. The molecule has 4 heteroatoms. The number of hydrogen-bond donors (Lipinski definition) is 0. The summed E-state index contributed by atoms with van der Waals surface area (Å²) in [7, 11) is 0. The molecular weight excluding hydrogens is 314 g/mol. The summed E-state index contributed by atoms with van der Waals surface area (Å²) in [6, 6.07) is 14.6. The van der Waals surface area contributed by atoms with Gasteiger partial charge in [-0.3, -0.25) is 19.3 Å².